The Morgan fingerprint density at radius 1 is 1.14 bits per heavy atom. The van der Waals surface area contributed by atoms with Crippen molar-refractivity contribution in [1.82, 2.24) is 19.7 Å². The highest BCUT2D eigenvalue weighted by Gasteiger charge is 2.19. The molecule has 29 heavy (non-hydrogen) atoms. The predicted octanol–water partition coefficient (Wildman–Crippen LogP) is 4.25. The number of carbonyl (C=O) groups excluding carboxylic acids is 1. The molecule has 0 spiro atoms. The molecule has 0 atom stereocenters. The second-order valence-electron chi connectivity index (χ2n) is 6.12. The molecule has 0 saturated heterocycles. The van der Waals surface area contributed by atoms with Crippen molar-refractivity contribution in [3.8, 4) is 22.7 Å². The van der Waals surface area contributed by atoms with Gasteiger partial charge in [0.05, 0.1) is 19.0 Å². The van der Waals surface area contributed by atoms with E-state index in [2.05, 4.69) is 20.5 Å². The maximum Gasteiger partial charge on any atom is 0.275 e. The zero-order valence-electron chi connectivity index (χ0n) is 15.9. The molecule has 8 heteroatoms. The molecule has 1 amide bonds. The minimum Gasteiger partial charge on any atom is -0.496 e. The van der Waals surface area contributed by atoms with Crippen LogP contribution in [0.15, 0.2) is 72.0 Å². The molecule has 4 rings (SSSR count). The number of nitrogens with zero attached hydrogens (tertiary/aromatic N) is 3. The van der Waals surface area contributed by atoms with E-state index in [1.807, 2.05) is 65.4 Å². The van der Waals surface area contributed by atoms with Crippen LogP contribution in [0.1, 0.15) is 10.5 Å². The maximum absolute atomic E-state index is 12.9. The van der Waals surface area contributed by atoms with E-state index in [0.29, 0.717) is 11.5 Å². The number of anilines is 1. The van der Waals surface area contributed by atoms with Crippen LogP contribution in [0.2, 0.25) is 0 Å². The van der Waals surface area contributed by atoms with Gasteiger partial charge in [0, 0.05) is 17.3 Å². The number of aromatic nitrogens is 4. The molecule has 0 unspecified atom stereocenters. The summed E-state index contributed by atoms with van der Waals surface area (Å²) < 4.78 is 7.22. The van der Waals surface area contributed by atoms with Crippen LogP contribution in [-0.2, 0) is 0 Å². The first-order valence-electron chi connectivity index (χ1n) is 8.88. The number of nitrogens with one attached hydrogen (secondary N) is 2. The highest BCUT2D eigenvalue weighted by molar-refractivity contribution is 7.98. The fourth-order valence-electron chi connectivity index (χ4n) is 3.04. The van der Waals surface area contributed by atoms with E-state index in [-0.39, 0.29) is 5.91 Å². The first kappa shape index (κ1) is 18.8. The van der Waals surface area contributed by atoms with Crippen molar-refractivity contribution in [3.05, 3.63) is 72.6 Å². The number of hydrogen-bond acceptors (Lipinski definition) is 5. The lowest BCUT2D eigenvalue weighted by atomic mass is 10.1. The number of hydrogen-bond donors (Lipinski definition) is 2. The lowest BCUT2D eigenvalue weighted by molar-refractivity contribution is 0.101. The highest BCUT2D eigenvalue weighted by Crippen LogP contribution is 2.29. The third kappa shape index (κ3) is 3.74. The SMILES string of the molecule is COc1ccccc1-c1cc(NC(=O)c2cnc(SC)n2-c2ccccc2)n[nH]1. The lowest BCUT2D eigenvalue weighted by Crippen LogP contribution is -2.16. The van der Waals surface area contributed by atoms with E-state index in [4.69, 9.17) is 4.74 Å². The number of benzene rings is 2. The summed E-state index contributed by atoms with van der Waals surface area (Å²) in [7, 11) is 1.62. The summed E-state index contributed by atoms with van der Waals surface area (Å²) in [6.45, 7) is 0. The van der Waals surface area contributed by atoms with Crippen LogP contribution < -0.4 is 10.1 Å². The van der Waals surface area contributed by atoms with E-state index in [9.17, 15) is 4.79 Å². The first-order chi connectivity index (χ1) is 14.2. The van der Waals surface area contributed by atoms with Crippen molar-refractivity contribution in [2.24, 2.45) is 0 Å². The summed E-state index contributed by atoms with van der Waals surface area (Å²) in [4.78, 5) is 17.3. The van der Waals surface area contributed by atoms with Crippen LogP contribution in [0.3, 0.4) is 0 Å². The van der Waals surface area contributed by atoms with Crippen LogP contribution in [0.5, 0.6) is 5.75 Å². The molecule has 0 bridgehead atoms. The number of H-pyrrole nitrogens is 1. The van der Waals surface area contributed by atoms with Crippen molar-refractivity contribution in [1.29, 1.82) is 0 Å². The monoisotopic (exact) mass is 405 g/mol. The van der Waals surface area contributed by atoms with Crippen molar-refractivity contribution >= 4 is 23.5 Å². The minimum atomic E-state index is -0.292. The van der Waals surface area contributed by atoms with Crippen LogP contribution in [-0.4, -0.2) is 39.0 Å². The first-order valence-corrected chi connectivity index (χ1v) is 10.1. The van der Waals surface area contributed by atoms with E-state index in [0.717, 1.165) is 27.9 Å². The van der Waals surface area contributed by atoms with Gasteiger partial charge >= 0.3 is 0 Å². The van der Waals surface area contributed by atoms with Gasteiger partial charge in [-0.05, 0) is 30.5 Å². The molecule has 0 radical (unpaired) electrons. The number of carbonyl (C=O) groups is 1. The minimum absolute atomic E-state index is 0.292. The van der Waals surface area contributed by atoms with Crippen molar-refractivity contribution in [2.75, 3.05) is 18.7 Å². The fraction of sp³-hybridized carbons (Fsp3) is 0.0952. The second-order valence-corrected chi connectivity index (χ2v) is 6.90. The average molecular weight is 405 g/mol. The quantitative estimate of drug-likeness (QED) is 0.469. The Morgan fingerprint density at radius 2 is 1.90 bits per heavy atom. The van der Waals surface area contributed by atoms with Gasteiger partial charge in [0.1, 0.15) is 11.4 Å². The molecule has 0 aliphatic rings. The molecule has 146 valence electrons. The number of thioether (sulfide) groups is 1. The zero-order valence-corrected chi connectivity index (χ0v) is 16.7. The number of imidazole rings is 1. The highest BCUT2D eigenvalue weighted by atomic mass is 32.2. The van der Waals surface area contributed by atoms with Crippen LogP contribution >= 0.6 is 11.8 Å². The van der Waals surface area contributed by atoms with Crippen LogP contribution in [0, 0.1) is 0 Å². The summed E-state index contributed by atoms with van der Waals surface area (Å²) in [5.41, 5.74) is 2.92. The van der Waals surface area contributed by atoms with E-state index >= 15 is 0 Å². The number of rotatable bonds is 6. The molecular formula is C21H19N5O2S. The Balaban J connectivity index is 1.62. The Bertz CT molecular complexity index is 1140. The molecule has 0 saturated carbocycles. The molecule has 2 N–H and O–H groups in total. The lowest BCUT2D eigenvalue weighted by Gasteiger charge is -2.10. The van der Waals surface area contributed by atoms with Gasteiger partial charge in [-0.3, -0.25) is 14.5 Å². The predicted molar refractivity (Wildman–Crippen MR) is 114 cm³/mol. The van der Waals surface area contributed by atoms with Crippen LogP contribution in [0.4, 0.5) is 5.82 Å². The number of aromatic amines is 1. The molecule has 0 fully saturated rings. The smallest absolute Gasteiger partial charge is 0.275 e. The third-order valence-electron chi connectivity index (χ3n) is 4.38. The van der Waals surface area contributed by atoms with E-state index in [1.165, 1.54) is 11.8 Å². The summed E-state index contributed by atoms with van der Waals surface area (Å²) >= 11 is 1.48. The number of amides is 1. The molecule has 0 aliphatic carbocycles. The van der Waals surface area contributed by atoms with Crippen LogP contribution in [0.25, 0.3) is 16.9 Å². The number of methoxy groups -OCH3 is 1. The molecule has 2 heterocycles. The van der Waals surface area contributed by atoms with Gasteiger partial charge < -0.3 is 10.1 Å². The molecule has 4 aromatic rings. The Kier molecular flexibility index (Phi) is 5.35. The van der Waals surface area contributed by atoms with E-state index < -0.39 is 0 Å². The summed E-state index contributed by atoms with van der Waals surface area (Å²) in [6, 6.07) is 19.0. The molecule has 0 aliphatic heterocycles. The largest absolute Gasteiger partial charge is 0.496 e. The maximum atomic E-state index is 12.9. The second kappa shape index (κ2) is 8.24. The van der Waals surface area contributed by atoms with Gasteiger partial charge in [-0.15, -0.1) is 0 Å². The fourth-order valence-corrected chi connectivity index (χ4v) is 3.58. The Morgan fingerprint density at radius 3 is 2.66 bits per heavy atom. The summed E-state index contributed by atoms with van der Waals surface area (Å²) in [5.74, 6) is 0.850. The molecule has 7 nitrogen and oxygen atoms in total. The molecule has 2 aromatic carbocycles. The summed E-state index contributed by atoms with van der Waals surface area (Å²) in [5, 5.41) is 10.7. The Hall–Kier alpha value is -3.52. The normalized spacial score (nSPS) is 10.7. The Labute approximate surface area is 172 Å². The van der Waals surface area contributed by atoms with Gasteiger partial charge in [-0.2, -0.15) is 5.10 Å². The average Bonchev–Trinajstić information content (AvgIpc) is 3.41. The van der Waals surface area contributed by atoms with Gasteiger partial charge in [0.25, 0.3) is 5.91 Å². The standard InChI is InChI=1S/C21H19N5O2S/c1-28-18-11-7-6-10-15(18)16-12-19(25-24-16)23-20(27)17-13-22-21(29-2)26(17)14-8-4-3-5-9-14/h3-13H,1-2H3,(H2,23,24,25,27). The molecule has 2 aromatic heterocycles. The van der Waals surface area contributed by atoms with Gasteiger partial charge in [0.15, 0.2) is 11.0 Å². The topological polar surface area (TPSA) is 84.8 Å². The zero-order chi connectivity index (χ0) is 20.2. The van der Waals surface area contributed by atoms with Crippen molar-refractivity contribution in [2.45, 2.75) is 5.16 Å². The van der Waals surface area contributed by atoms with Gasteiger partial charge in [-0.25, -0.2) is 4.98 Å². The van der Waals surface area contributed by atoms with E-state index in [1.54, 1.807) is 19.4 Å². The van der Waals surface area contributed by atoms with Gasteiger partial charge in [0.2, 0.25) is 0 Å². The van der Waals surface area contributed by atoms with Gasteiger partial charge in [-0.1, -0.05) is 42.1 Å². The number of ether oxygens (including phenoxy) is 1. The summed E-state index contributed by atoms with van der Waals surface area (Å²) in [6.07, 6.45) is 3.50. The van der Waals surface area contributed by atoms with Crippen molar-refractivity contribution < 1.29 is 9.53 Å². The number of para-hydroxylation sites is 2. The van der Waals surface area contributed by atoms with Crippen molar-refractivity contribution in [3.63, 3.8) is 0 Å². The third-order valence-corrected chi connectivity index (χ3v) is 5.03. The molecular weight excluding hydrogens is 386 g/mol.